The van der Waals surface area contributed by atoms with E-state index in [1.807, 2.05) is 6.07 Å². The highest BCUT2D eigenvalue weighted by atomic mass is 14.7. The topological polar surface area (TPSA) is 12.4 Å². The van der Waals surface area contributed by atoms with E-state index in [4.69, 9.17) is 0 Å². The Morgan fingerprint density at radius 1 is 1.18 bits per heavy atom. The molecule has 1 aromatic carbocycles. The summed E-state index contributed by atoms with van der Waals surface area (Å²) in [6.45, 7) is 3.51. The Balaban J connectivity index is 2.48. The van der Waals surface area contributed by atoms with Gasteiger partial charge in [-0.2, -0.15) is 0 Å². The third-order valence-corrected chi connectivity index (χ3v) is 2.26. The summed E-state index contributed by atoms with van der Waals surface area (Å²) in [5, 5.41) is 0. The van der Waals surface area contributed by atoms with E-state index in [1.54, 1.807) is 0 Å². The molecule has 0 saturated carbocycles. The summed E-state index contributed by atoms with van der Waals surface area (Å²) >= 11 is 0. The molecule has 0 fully saturated rings. The average molecular weight is 145 g/mol. The summed E-state index contributed by atoms with van der Waals surface area (Å²) in [7, 11) is 0. The van der Waals surface area contributed by atoms with Gasteiger partial charge in [0.05, 0.1) is 5.69 Å². The van der Waals surface area contributed by atoms with Gasteiger partial charge in [0.25, 0.3) is 0 Å². The molecule has 0 radical (unpaired) electrons. The van der Waals surface area contributed by atoms with E-state index in [0.717, 1.165) is 5.69 Å². The predicted molar refractivity (Wildman–Crippen MR) is 47.7 cm³/mol. The number of aryl methyl sites for hydroxylation is 2. The first-order chi connectivity index (χ1) is 5.40. The van der Waals surface area contributed by atoms with Gasteiger partial charge in [-0.15, -0.1) is 0 Å². The fourth-order valence-electron chi connectivity index (χ4n) is 1.66. The minimum Gasteiger partial charge on any atom is -0.265 e. The fourth-order valence-corrected chi connectivity index (χ4v) is 1.66. The molecule has 0 bridgehead atoms. The maximum atomic E-state index is 3.90. The fraction of sp³-hybridized carbons (Fsp3) is 0.300. The molecule has 0 aromatic heterocycles. The van der Waals surface area contributed by atoms with Gasteiger partial charge in [0, 0.05) is 0 Å². The summed E-state index contributed by atoms with van der Waals surface area (Å²) in [4.78, 5) is 3.90. The third-order valence-electron chi connectivity index (χ3n) is 2.26. The summed E-state index contributed by atoms with van der Waals surface area (Å²) in [5.41, 5.74) is 3.97. The summed E-state index contributed by atoms with van der Waals surface area (Å²) in [6, 6.07) is 6.36. The van der Waals surface area contributed by atoms with Crippen molar-refractivity contribution in [1.82, 2.24) is 0 Å². The standard InChI is InChI=1S/C10H11N/c1-11-10-6-5-8-3-2-4-9(8)7-10/h5-7H,1-4H2. The number of nitrogens with zero attached hydrogens (tertiary/aromatic N) is 1. The van der Waals surface area contributed by atoms with Gasteiger partial charge in [-0.05, 0) is 49.2 Å². The Kier molecular flexibility index (Phi) is 1.50. The van der Waals surface area contributed by atoms with Crippen molar-refractivity contribution in [3.05, 3.63) is 29.3 Å². The largest absolute Gasteiger partial charge is 0.265 e. The average Bonchev–Trinajstić information content (AvgIpc) is 2.50. The molecule has 56 valence electrons. The zero-order valence-electron chi connectivity index (χ0n) is 6.51. The Bertz CT molecular complexity index is 289. The maximum absolute atomic E-state index is 3.90. The molecule has 1 aliphatic carbocycles. The minimum absolute atomic E-state index is 1.01. The Morgan fingerprint density at radius 2 is 2.00 bits per heavy atom. The number of aliphatic imine (C=N–C) groups is 1. The van der Waals surface area contributed by atoms with Gasteiger partial charge in [0.15, 0.2) is 0 Å². The van der Waals surface area contributed by atoms with E-state index in [0.29, 0.717) is 0 Å². The van der Waals surface area contributed by atoms with E-state index in [9.17, 15) is 0 Å². The predicted octanol–water partition coefficient (Wildman–Crippen LogP) is 2.51. The molecule has 0 heterocycles. The molecule has 1 aromatic rings. The Morgan fingerprint density at radius 3 is 2.82 bits per heavy atom. The third kappa shape index (κ3) is 1.07. The van der Waals surface area contributed by atoms with Crippen LogP contribution in [0.2, 0.25) is 0 Å². The van der Waals surface area contributed by atoms with Crippen LogP contribution in [0, 0.1) is 0 Å². The van der Waals surface area contributed by atoms with Crippen LogP contribution in [0.5, 0.6) is 0 Å². The molecule has 0 spiro atoms. The van der Waals surface area contributed by atoms with Gasteiger partial charge in [-0.3, -0.25) is 4.99 Å². The number of fused-ring (bicyclic) bond motifs is 1. The van der Waals surface area contributed by atoms with Crippen LogP contribution in [-0.4, -0.2) is 6.72 Å². The highest BCUT2D eigenvalue weighted by molar-refractivity contribution is 5.50. The number of benzene rings is 1. The van der Waals surface area contributed by atoms with Gasteiger partial charge >= 0.3 is 0 Å². The zero-order chi connectivity index (χ0) is 7.68. The second-order valence-corrected chi connectivity index (χ2v) is 2.96. The van der Waals surface area contributed by atoms with Crippen LogP contribution < -0.4 is 0 Å². The van der Waals surface area contributed by atoms with E-state index >= 15 is 0 Å². The molecule has 11 heavy (non-hydrogen) atoms. The van der Waals surface area contributed by atoms with Crippen LogP contribution in [0.1, 0.15) is 17.5 Å². The molecule has 0 atom stereocenters. The van der Waals surface area contributed by atoms with Crippen molar-refractivity contribution in [2.75, 3.05) is 0 Å². The molecule has 0 N–H and O–H groups in total. The Hall–Kier alpha value is -1.11. The monoisotopic (exact) mass is 145 g/mol. The summed E-state index contributed by atoms with van der Waals surface area (Å²) in [5.74, 6) is 0. The molecule has 0 saturated heterocycles. The van der Waals surface area contributed by atoms with E-state index in [-0.39, 0.29) is 0 Å². The van der Waals surface area contributed by atoms with Crippen molar-refractivity contribution in [2.24, 2.45) is 4.99 Å². The lowest BCUT2D eigenvalue weighted by molar-refractivity contribution is 0.912. The first-order valence-corrected chi connectivity index (χ1v) is 3.98. The van der Waals surface area contributed by atoms with Gasteiger partial charge in [0.2, 0.25) is 0 Å². The minimum atomic E-state index is 1.01. The lowest BCUT2D eigenvalue weighted by Crippen LogP contribution is -1.79. The van der Waals surface area contributed by atoms with E-state index in [2.05, 4.69) is 23.8 Å². The van der Waals surface area contributed by atoms with Crippen LogP contribution in [0.15, 0.2) is 23.2 Å². The number of hydrogen-bond donors (Lipinski definition) is 0. The lowest BCUT2D eigenvalue weighted by atomic mass is 10.1. The van der Waals surface area contributed by atoms with Crippen LogP contribution >= 0.6 is 0 Å². The van der Waals surface area contributed by atoms with Gasteiger partial charge in [0.1, 0.15) is 0 Å². The SMILES string of the molecule is C=Nc1ccc2c(c1)CCC2. The number of rotatable bonds is 1. The zero-order valence-corrected chi connectivity index (χ0v) is 6.51. The van der Waals surface area contributed by atoms with Crippen molar-refractivity contribution < 1.29 is 0 Å². The van der Waals surface area contributed by atoms with Crippen LogP contribution in [0.4, 0.5) is 5.69 Å². The van der Waals surface area contributed by atoms with Crippen molar-refractivity contribution in [3.8, 4) is 0 Å². The second kappa shape index (κ2) is 2.50. The molecule has 2 rings (SSSR count). The highest BCUT2D eigenvalue weighted by Gasteiger charge is 2.09. The highest BCUT2D eigenvalue weighted by Crippen LogP contribution is 2.25. The van der Waals surface area contributed by atoms with Crippen LogP contribution in [0.3, 0.4) is 0 Å². The van der Waals surface area contributed by atoms with E-state index in [1.165, 1.54) is 30.4 Å². The molecular formula is C10H11N. The van der Waals surface area contributed by atoms with Crippen molar-refractivity contribution in [2.45, 2.75) is 19.3 Å². The van der Waals surface area contributed by atoms with Crippen LogP contribution in [0.25, 0.3) is 0 Å². The number of hydrogen-bond acceptors (Lipinski definition) is 1. The quantitative estimate of drug-likeness (QED) is 0.538. The Labute approximate surface area is 66.8 Å². The van der Waals surface area contributed by atoms with Gasteiger partial charge in [-0.25, -0.2) is 0 Å². The van der Waals surface area contributed by atoms with Crippen molar-refractivity contribution >= 4 is 12.4 Å². The van der Waals surface area contributed by atoms with Crippen molar-refractivity contribution in [1.29, 1.82) is 0 Å². The first-order valence-electron chi connectivity index (χ1n) is 3.98. The summed E-state index contributed by atoms with van der Waals surface area (Å²) in [6.07, 6.45) is 3.77. The second-order valence-electron chi connectivity index (χ2n) is 2.96. The van der Waals surface area contributed by atoms with E-state index < -0.39 is 0 Å². The molecular weight excluding hydrogens is 134 g/mol. The molecule has 0 aliphatic heterocycles. The molecule has 0 amide bonds. The van der Waals surface area contributed by atoms with Crippen molar-refractivity contribution in [3.63, 3.8) is 0 Å². The van der Waals surface area contributed by atoms with Crippen LogP contribution in [-0.2, 0) is 12.8 Å². The molecule has 1 heteroatoms. The lowest BCUT2D eigenvalue weighted by Gasteiger charge is -1.98. The maximum Gasteiger partial charge on any atom is 0.0625 e. The summed E-state index contributed by atoms with van der Waals surface area (Å²) < 4.78 is 0. The molecule has 0 unspecified atom stereocenters. The normalized spacial score (nSPS) is 14.5. The van der Waals surface area contributed by atoms with Gasteiger partial charge < -0.3 is 0 Å². The molecule has 1 aliphatic rings. The van der Waals surface area contributed by atoms with Gasteiger partial charge in [-0.1, -0.05) is 6.07 Å². The molecule has 1 nitrogen and oxygen atoms in total. The first kappa shape index (κ1) is 6.59. The smallest absolute Gasteiger partial charge is 0.0625 e.